The molecule has 0 spiro atoms. The second-order valence-corrected chi connectivity index (χ2v) is 10.3. The predicted molar refractivity (Wildman–Crippen MR) is 129 cm³/mol. The highest BCUT2D eigenvalue weighted by Crippen LogP contribution is 2.60. The van der Waals surface area contributed by atoms with Crippen molar-refractivity contribution in [2.45, 2.75) is 69.7 Å². The van der Waals surface area contributed by atoms with Crippen molar-refractivity contribution in [2.75, 3.05) is 6.61 Å². The van der Waals surface area contributed by atoms with Gasteiger partial charge in [-0.25, -0.2) is 19.5 Å². The summed E-state index contributed by atoms with van der Waals surface area (Å²) in [5.74, 6) is 0.0954. The monoisotopic (exact) mass is 545 g/mol. The summed E-state index contributed by atoms with van der Waals surface area (Å²) in [5.41, 5.74) is -0.716. The zero-order chi connectivity index (χ0) is 28.2. The molecule has 2 fully saturated rings. The molecule has 0 aromatic carbocycles. The zero-order valence-electron chi connectivity index (χ0n) is 20.9. The van der Waals surface area contributed by atoms with Crippen LogP contribution >= 0.6 is 0 Å². The van der Waals surface area contributed by atoms with E-state index < -0.39 is 29.4 Å². The van der Waals surface area contributed by atoms with Crippen LogP contribution in [0.2, 0.25) is 0 Å². The molecule has 2 unspecified atom stereocenters. The molecule has 206 valence electrons. The van der Waals surface area contributed by atoms with E-state index in [1.807, 2.05) is 0 Å². The van der Waals surface area contributed by atoms with Crippen molar-refractivity contribution in [2.24, 2.45) is 5.41 Å². The Morgan fingerprint density at radius 2 is 1.95 bits per heavy atom. The Bertz CT molecular complexity index is 1520. The van der Waals surface area contributed by atoms with Crippen LogP contribution < -0.4 is 5.56 Å². The summed E-state index contributed by atoms with van der Waals surface area (Å²) < 4.78 is 47.0. The lowest BCUT2D eigenvalue weighted by molar-refractivity contribution is -0.377. The largest absolute Gasteiger partial charge is 0.394 e. The van der Waals surface area contributed by atoms with E-state index in [0.29, 0.717) is 56.8 Å². The quantitative estimate of drug-likeness (QED) is 0.397. The summed E-state index contributed by atoms with van der Waals surface area (Å²) in [6.07, 6.45) is -6.32. The third-order valence-corrected chi connectivity index (χ3v) is 7.67. The Kier molecular flexibility index (Phi) is 6.70. The number of nitriles is 1. The molecule has 0 bridgehead atoms. The number of rotatable bonds is 6. The van der Waals surface area contributed by atoms with Gasteiger partial charge in [0.1, 0.15) is 11.9 Å². The first-order valence-corrected chi connectivity index (χ1v) is 12.5. The standard InChI is InChI=1S/C26H26F3N5O5/c1-14-17(12-30)10-18-19(4-6-24(7-8-24)25(27,28)29)32-22(33-23(18)31-14)15-5-9-39-20(11-15)16-2-3-21(35)34(13-16)26(36,37)38/h2-3,10,13,15,20,36-38H,4-9,11H2,1H3. The first kappa shape index (κ1) is 27.1. The SMILES string of the molecule is Cc1nc2nc(C3CCOC(c4ccc(=O)n(C(O)(O)O)c4)C3)nc(CCC3(C(F)(F)F)CC3)c2cc1C#N. The van der Waals surface area contributed by atoms with Gasteiger partial charge in [0, 0.05) is 30.2 Å². The van der Waals surface area contributed by atoms with Gasteiger partial charge in [0.25, 0.3) is 5.56 Å². The topological polar surface area (TPSA) is 154 Å². The molecular weight excluding hydrogens is 519 g/mol. The second-order valence-electron chi connectivity index (χ2n) is 10.3. The van der Waals surface area contributed by atoms with Gasteiger partial charge in [0.05, 0.1) is 28.5 Å². The van der Waals surface area contributed by atoms with Crippen molar-refractivity contribution in [1.29, 1.82) is 5.26 Å². The molecule has 3 aromatic heterocycles. The molecule has 1 aliphatic carbocycles. The van der Waals surface area contributed by atoms with Crippen LogP contribution in [0.5, 0.6) is 0 Å². The first-order chi connectivity index (χ1) is 18.3. The maximum Gasteiger partial charge on any atom is 0.394 e. The predicted octanol–water partition coefficient (Wildman–Crippen LogP) is 2.82. The summed E-state index contributed by atoms with van der Waals surface area (Å²) in [6.45, 7) is 1.93. The maximum absolute atomic E-state index is 13.6. The molecule has 4 heterocycles. The number of hydrogen-bond donors (Lipinski definition) is 3. The van der Waals surface area contributed by atoms with Crippen molar-refractivity contribution in [3.8, 4) is 6.07 Å². The molecule has 0 amide bonds. The molecule has 3 aromatic rings. The Morgan fingerprint density at radius 1 is 1.21 bits per heavy atom. The fourth-order valence-corrected chi connectivity index (χ4v) is 5.08. The minimum atomic E-state index is -4.30. The van der Waals surface area contributed by atoms with Gasteiger partial charge in [-0.2, -0.15) is 18.4 Å². The summed E-state index contributed by atoms with van der Waals surface area (Å²) in [4.78, 5) is 25.7. The van der Waals surface area contributed by atoms with E-state index in [9.17, 15) is 38.5 Å². The Morgan fingerprint density at radius 3 is 2.59 bits per heavy atom. The molecule has 2 aliphatic rings. The first-order valence-electron chi connectivity index (χ1n) is 12.5. The van der Waals surface area contributed by atoms with Crippen molar-refractivity contribution in [1.82, 2.24) is 19.5 Å². The molecule has 10 nitrogen and oxygen atoms in total. The Balaban J connectivity index is 1.49. The average molecular weight is 546 g/mol. The van der Waals surface area contributed by atoms with Crippen molar-refractivity contribution in [3.05, 3.63) is 63.1 Å². The van der Waals surface area contributed by atoms with E-state index in [1.54, 1.807) is 13.0 Å². The molecule has 0 radical (unpaired) electrons. The van der Waals surface area contributed by atoms with E-state index in [-0.39, 0.29) is 38.2 Å². The lowest BCUT2D eigenvalue weighted by atomic mass is 9.91. The number of halogens is 3. The summed E-state index contributed by atoms with van der Waals surface area (Å²) >= 11 is 0. The minimum Gasteiger partial charge on any atom is -0.373 e. The molecule has 2 atom stereocenters. The minimum absolute atomic E-state index is 0.0460. The number of alkyl halides is 3. The summed E-state index contributed by atoms with van der Waals surface area (Å²) in [7, 11) is 0. The average Bonchev–Trinajstić information content (AvgIpc) is 3.68. The van der Waals surface area contributed by atoms with Gasteiger partial charge in [0.15, 0.2) is 5.65 Å². The number of fused-ring (bicyclic) bond motifs is 1. The smallest absolute Gasteiger partial charge is 0.373 e. The lowest BCUT2D eigenvalue weighted by Gasteiger charge is -2.30. The molecule has 1 saturated heterocycles. The molecule has 1 aliphatic heterocycles. The number of aryl methyl sites for hydroxylation is 2. The molecule has 13 heteroatoms. The highest BCUT2D eigenvalue weighted by atomic mass is 19.4. The number of aliphatic hydroxyl groups is 3. The van der Waals surface area contributed by atoms with Crippen LogP contribution in [0.25, 0.3) is 11.0 Å². The van der Waals surface area contributed by atoms with Crippen LogP contribution in [-0.2, 0) is 17.3 Å². The van der Waals surface area contributed by atoms with E-state index >= 15 is 0 Å². The number of hydrogen-bond acceptors (Lipinski definition) is 9. The van der Waals surface area contributed by atoms with Crippen molar-refractivity contribution < 1.29 is 33.2 Å². The number of ether oxygens (including phenoxy) is 1. The van der Waals surface area contributed by atoms with Crippen molar-refractivity contribution in [3.63, 3.8) is 0 Å². The Labute approximate surface area is 220 Å². The van der Waals surface area contributed by atoms with Crippen LogP contribution in [-0.4, -0.2) is 47.6 Å². The van der Waals surface area contributed by atoms with Crippen LogP contribution in [0.15, 0.2) is 29.2 Å². The number of aromatic nitrogens is 4. The van der Waals surface area contributed by atoms with Gasteiger partial charge >= 0.3 is 12.3 Å². The van der Waals surface area contributed by atoms with E-state index in [4.69, 9.17) is 4.74 Å². The number of nitrogens with zero attached hydrogens (tertiary/aromatic N) is 5. The fraction of sp³-hybridized carbons (Fsp3) is 0.500. The fourth-order valence-electron chi connectivity index (χ4n) is 5.08. The number of pyridine rings is 2. The van der Waals surface area contributed by atoms with E-state index in [1.165, 1.54) is 6.07 Å². The zero-order valence-corrected chi connectivity index (χ0v) is 20.9. The second kappa shape index (κ2) is 9.63. The highest BCUT2D eigenvalue weighted by Gasteiger charge is 2.62. The lowest BCUT2D eigenvalue weighted by Crippen LogP contribution is -2.40. The van der Waals surface area contributed by atoms with Gasteiger partial charge < -0.3 is 20.1 Å². The molecule has 39 heavy (non-hydrogen) atoms. The highest BCUT2D eigenvalue weighted by molar-refractivity contribution is 5.79. The Hall–Kier alpha value is -3.44. The van der Waals surface area contributed by atoms with Crippen LogP contribution in [0.1, 0.15) is 72.5 Å². The third-order valence-electron chi connectivity index (χ3n) is 7.67. The molecule has 5 rings (SSSR count). The van der Waals surface area contributed by atoms with E-state index in [2.05, 4.69) is 21.0 Å². The van der Waals surface area contributed by atoms with Gasteiger partial charge in [0.2, 0.25) is 0 Å². The normalized spacial score (nSPS) is 21.1. The van der Waals surface area contributed by atoms with Gasteiger partial charge in [-0.15, -0.1) is 0 Å². The molecule has 1 saturated carbocycles. The summed E-state index contributed by atoms with van der Waals surface area (Å²) in [5, 5.41) is 38.4. The van der Waals surface area contributed by atoms with Crippen LogP contribution in [0.4, 0.5) is 13.2 Å². The molecular formula is C26H26F3N5O5. The van der Waals surface area contributed by atoms with Crippen LogP contribution in [0, 0.1) is 23.7 Å². The van der Waals surface area contributed by atoms with E-state index in [0.717, 1.165) is 12.3 Å². The van der Waals surface area contributed by atoms with Gasteiger partial charge in [-0.05, 0) is 63.1 Å². The van der Waals surface area contributed by atoms with Crippen molar-refractivity contribution >= 4 is 11.0 Å². The maximum atomic E-state index is 13.6. The molecule has 3 N–H and O–H groups in total. The summed E-state index contributed by atoms with van der Waals surface area (Å²) in [6, 6.07) is 6.14. The third kappa shape index (κ3) is 5.25. The van der Waals surface area contributed by atoms with Crippen LogP contribution in [0.3, 0.4) is 0 Å². The van der Waals surface area contributed by atoms with Gasteiger partial charge in [-0.1, -0.05) is 0 Å². The van der Waals surface area contributed by atoms with Gasteiger partial charge in [-0.3, -0.25) is 4.79 Å².